The van der Waals surface area contributed by atoms with Crippen molar-refractivity contribution in [1.29, 1.82) is 0 Å². The summed E-state index contributed by atoms with van der Waals surface area (Å²) in [5.41, 5.74) is -6.37. The average molecular weight is 445 g/mol. The molecule has 0 saturated carbocycles. The molecule has 0 saturated heterocycles. The van der Waals surface area contributed by atoms with Crippen molar-refractivity contribution in [3.8, 4) is 0 Å². The molecule has 0 aliphatic carbocycles. The van der Waals surface area contributed by atoms with E-state index in [2.05, 4.69) is 4.74 Å². The van der Waals surface area contributed by atoms with E-state index >= 15 is 0 Å². The molecule has 0 aliphatic heterocycles. The Morgan fingerprint density at radius 3 is 1.66 bits per heavy atom. The lowest BCUT2D eigenvalue weighted by molar-refractivity contribution is -0.343. The number of benzene rings is 1. The molecule has 0 aliphatic rings. The Bertz CT molecular complexity index is 772. The summed E-state index contributed by atoms with van der Waals surface area (Å²) in [4.78, 5) is 22.5. The Balaban J connectivity index is 3.21. The lowest BCUT2D eigenvalue weighted by atomic mass is 9.93. The fourth-order valence-corrected chi connectivity index (χ4v) is 1.87. The number of ether oxygens (including phenoxy) is 1. The van der Waals surface area contributed by atoms with E-state index in [1.807, 2.05) is 0 Å². The number of anilines is 1. The van der Waals surface area contributed by atoms with Gasteiger partial charge in [-0.25, -0.2) is 4.79 Å². The van der Waals surface area contributed by atoms with Crippen molar-refractivity contribution in [2.24, 2.45) is 0 Å². The maximum Gasteiger partial charge on any atom is 0.460 e. The van der Waals surface area contributed by atoms with Crippen LogP contribution in [-0.4, -0.2) is 48.3 Å². The van der Waals surface area contributed by atoms with Gasteiger partial charge in [0, 0.05) is 11.3 Å². The number of carbonyl (C=O) groups excluding carboxylic acids is 2. The van der Waals surface area contributed by atoms with Gasteiger partial charge in [0.05, 0.1) is 7.11 Å². The van der Waals surface area contributed by atoms with Crippen molar-refractivity contribution in [3.63, 3.8) is 0 Å². The number of esters is 1. The molecule has 1 atom stereocenters. The molecule has 1 aromatic carbocycles. The zero-order valence-electron chi connectivity index (χ0n) is 13.8. The molecule has 0 unspecified atom stereocenters. The summed E-state index contributed by atoms with van der Waals surface area (Å²) in [6, 6.07) is 1.24. The topological polar surface area (TPSA) is 75.6 Å². The predicted octanol–water partition coefficient (Wildman–Crippen LogP) is 3.38. The molecule has 0 radical (unpaired) electrons. The van der Waals surface area contributed by atoms with Gasteiger partial charge < -0.3 is 15.2 Å². The SMILES string of the molecule is COC(=O)[C@@](O)(c1ccc(NC(=O)C(F)(F)C(F)(F)C(F)(F)F)cc1)C(F)(F)F. The molecule has 29 heavy (non-hydrogen) atoms. The fraction of sp³-hybridized carbons (Fsp3) is 0.429. The van der Waals surface area contributed by atoms with Crippen molar-refractivity contribution < 1.29 is 63.3 Å². The highest BCUT2D eigenvalue weighted by Gasteiger charge is 2.76. The molecule has 0 heterocycles. The third-order valence-corrected chi connectivity index (χ3v) is 3.49. The number of amides is 1. The lowest BCUT2D eigenvalue weighted by Gasteiger charge is -2.28. The number of alkyl halides is 10. The number of aliphatic hydroxyl groups is 1. The summed E-state index contributed by atoms with van der Waals surface area (Å²) in [7, 11) is 0.510. The van der Waals surface area contributed by atoms with E-state index in [0.29, 0.717) is 19.2 Å². The second kappa shape index (κ2) is 7.35. The summed E-state index contributed by atoms with van der Waals surface area (Å²) < 4.78 is 131. The molecule has 0 fully saturated rings. The summed E-state index contributed by atoms with van der Waals surface area (Å²) in [6.07, 6.45) is -12.4. The van der Waals surface area contributed by atoms with Crippen molar-refractivity contribution >= 4 is 17.6 Å². The zero-order valence-corrected chi connectivity index (χ0v) is 13.8. The Labute approximate surface area is 154 Å². The van der Waals surface area contributed by atoms with Crippen LogP contribution in [0.1, 0.15) is 5.56 Å². The number of methoxy groups -OCH3 is 1. The van der Waals surface area contributed by atoms with Crippen LogP contribution in [0.4, 0.5) is 49.6 Å². The van der Waals surface area contributed by atoms with Crippen LogP contribution < -0.4 is 5.32 Å². The normalized spacial score (nSPS) is 15.4. The molecule has 0 spiro atoms. The first kappa shape index (κ1) is 24.5. The number of hydrogen-bond donors (Lipinski definition) is 2. The van der Waals surface area contributed by atoms with E-state index in [4.69, 9.17) is 0 Å². The van der Waals surface area contributed by atoms with Crippen LogP contribution in [0.3, 0.4) is 0 Å². The van der Waals surface area contributed by atoms with Crippen molar-refractivity contribution in [2.45, 2.75) is 29.8 Å². The first-order valence-electron chi connectivity index (χ1n) is 6.96. The van der Waals surface area contributed by atoms with Gasteiger partial charge in [-0.3, -0.25) is 4.79 Å². The smallest absolute Gasteiger partial charge is 0.460 e. The molecule has 0 bridgehead atoms. The van der Waals surface area contributed by atoms with E-state index < -0.39 is 52.9 Å². The average Bonchev–Trinajstić information content (AvgIpc) is 2.58. The van der Waals surface area contributed by atoms with Gasteiger partial charge in [-0.05, 0) is 12.1 Å². The standard InChI is InChI=1S/C14H9F10NO4/c1-29-9(27)10(28,13(19,20)21)6-2-4-7(5-3-6)25-8(26)11(15,16)12(17,18)14(22,23)24/h2-5,28H,1H3,(H,25,26)/t10-/m0/s1. The van der Waals surface area contributed by atoms with Crippen molar-refractivity contribution in [2.75, 3.05) is 12.4 Å². The number of hydrogen-bond acceptors (Lipinski definition) is 4. The largest absolute Gasteiger partial charge is 0.466 e. The second-order valence-corrected chi connectivity index (χ2v) is 5.38. The monoisotopic (exact) mass is 445 g/mol. The Kier molecular flexibility index (Phi) is 6.20. The summed E-state index contributed by atoms with van der Waals surface area (Å²) in [5, 5.41) is 10.6. The maximum atomic E-state index is 13.2. The molecular formula is C14H9F10NO4. The first-order valence-corrected chi connectivity index (χ1v) is 6.96. The van der Waals surface area contributed by atoms with Crippen LogP contribution >= 0.6 is 0 Å². The number of nitrogens with one attached hydrogen (secondary N) is 1. The van der Waals surface area contributed by atoms with Crippen molar-refractivity contribution in [3.05, 3.63) is 29.8 Å². The van der Waals surface area contributed by atoms with Crippen LogP contribution in [0, 0.1) is 0 Å². The van der Waals surface area contributed by atoms with Gasteiger partial charge in [-0.2, -0.15) is 43.9 Å². The Morgan fingerprint density at radius 2 is 1.31 bits per heavy atom. The second-order valence-electron chi connectivity index (χ2n) is 5.38. The number of rotatable bonds is 5. The highest BCUT2D eigenvalue weighted by atomic mass is 19.4. The summed E-state index contributed by atoms with van der Waals surface area (Å²) >= 11 is 0. The minimum atomic E-state index is -6.78. The van der Waals surface area contributed by atoms with E-state index in [9.17, 15) is 58.6 Å². The predicted molar refractivity (Wildman–Crippen MR) is 73.0 cm³/mol. The molecule has 2 N–H and O–H groups in total. The molecule has 1 amide bonds. The van der Waals surface area contributed by atoms with Gasteiger partial charge in [0.25, 0.3) is 5.60 Å². The fourth-order valence-electron chi connectivity index (χ4n) is 1.87. The minimum absolute atomic E-state index is 0.278. The molecule has 15 heteroatoms. The van der Waals surface area contributed by atoms with Crippen LogP contribution in [0.25, 0.3) is 0 Å². The molecule has 5 nitrogen and oxygen atoms in total. The first-order chi connectivity index (χ1) is 12.8. The molecule has 0 aromatic heterocycles. The third kappa shape index (κ3) is 4.09. The zero-order chi connectivity index (χ0) is 23.1. The van der Waals surface area contributed by atoms with Gasteiger partial charge in [-0.15, -0.1) is 0 Å². The number of carbonyl (C=O) groups is 2. The van der Waals surface area contributed by atoms with Crippen LogP contribution in [0.15, 0.2) is 24.3 Å². The summed E-state index contributed by atoms with van der Waals surface area (Å²) in [5.74, 6) is -18.3. The molecule has 1 rings (SSSR count). The minimum Gasteiger partial charge on any atom is -0.466 e. The Hall–Kier alpha value is -2.58. The van der Waals surface area contributed by atoms with E-state index in [0.717, 1.165) is 5.32 Å². The van der Waals surface area contributed by atoms with Gasteiger partial charge in [0.2, 0.25) is 0 Å². The quantitative estimate of drug-likeness (QED) is 0.539. The lowest BCUT2D eigenvalue weighted by Crippen LogP contribution is -2.57. The third-order valence-electron chi connectivity index (χ3n) is 3.49. The maximum absolute atomic E-state index is 13.2. The van der Waals surface area contributed by atoms with Gasteiger partial charge in [-0.1, -0.05) is 12.1 Å². The molecular weight excluding hydrogens is 436 g/mol. The van der Waals surface area contributed by atoms with Crippen LogP contribution in [-0.2, 0) is 19.9 Å². The summed E-state index contributed by atoms with van der Waals surface area (Å²) in [6.45, 7) is 0. The highest BCUT2D eigenvalue weighted by molar-refractivity contribution is 5.97. The number of halogens is 10. The van der Waals surface area contributed by atoms with E-state index in [1.165, 1.54) is 0 Å². The van der Waals surface area contributed by atoms with Crippen LogP contribution in [0.2, 0.25) is 0 Å². The van der Waals surface area contributed by atoms with E-state index in [-0.39, 0.29) is 12.1 Å². The molecule has 1 aromatic rings. The van der Waals surface area contributed by atoms with E-state index in [1.54, 1.807) is 0 Å². The highest BCUT2D eigenvalue weighted by Crippen LogP contribution is 2.47. The van der Waals surface area contributed by atoms with Gasteiger partial charge >= 0.3 is 36.1 Å². The molecule has 164 valence electrons. The van der Waals surface area contributed by atoms with Gasteiger partial charge in [0.15, 0.2) is 0 Å². The Morgan fingerprint density at radius 1 is 0.862 bits per heavy atom. The van der Waals surface area contributed by atoms with Crippen LogP contribution in [0.5, 0.6) is 0 Å². The van der Waals surface area contributed by atoms with Gasteiger partial charge in [0.1, 0.15) is 0 Å². The van der Waals surface area contributed by atoms with Crippen molar-refractivity contribution in [1.82, 2.24) is 0 Å².